The Morgan fingerprint density at radius 1 is 0.914 bits per heavy atom. The van der Waals surface area contributed by atoms with Gasteiger partial charge in [-0.25, -0.2) is 15.0 Å². The Morgan fingerprint density at radius 3 is 2.60 bits per heavy atom. The number of thiazole rings is 1. The smallest absolute Gasteiger partial charge is 0.363 e. The minimum absolute atomic E-state index is 0.153. The zero-order valence-corrected chi connectivity index (χ0v) is 19.7. The maximum atomic E-state index is 13.1. The third-order valence-electron chi connectivity index (χ3n) is 5.61. The summed E-state index contributed by atoms with van der Waals surface area (Å²) in [5, 5.41) is 3.40. The highest BCUT2D eigenvalue weighted by Crippen LogP contribution is 2.32. The van der Waals surface area contributed by atoms with Gasteiger partial charge in [-0.2, -0.15) is 13.2 Å². The predicted molar refractivity (Wildman–Crippen MR) is 132 cm³/mol. The molecule has 0 bridgehead atoms. The number of nitrogens with one attached hydrogen (secondary N) is 1. The van der Waals surface area contributed by atoms with Crippen LogP contribution in [-0.4, -0.2) is 19.9 Å². The van der Waals surface area contributed by atoms with E-state index in [0.29, 0.717) is 22.8 Å². The van der Waals surface area contributed by atoms with E-state index in [9.17, 15) is 13.2 Å². The Labute approximate surface area is 203 Å². The van der Waals surface area contributed by atoms with Crippen LogP contribution < -0.4 is 5.32 Å². The number of pyridine rings is 1. The zero-order valence-electron chi connectivity index (χ0n) is 18.8. The number of hydrogen-bond acceptors (Lipinski definition) is 6. The first-order chi connectivity index (χ1) is 16.8. The van der Waals surface area contributed by atoms with Gasteiger partial charge in [0.25, 0.3) is 0 Å². The maximum absolute atomic E-state index is 13.1. The van der Waals surface area contributed by atoms with Crippen LogP contribution in [0.4, 0.5) is 19.0 Å². The molecule has 1 unspecified atom stereocenters. The molecule has 5 rings (SSSR count). The van der Waals surface area contributed by atoms with Crippen molar-refractivity contribution >= 4 is 27.4 Å². The lowest BCUT2D eigenvalue weighted by molar-refractivity contribution is -0.137. The van der Waals surface area contributed by atoms with Crippen LogP contribution in [0.3, 0.4) is 0 Å². The van der Waals surface area contributed by atoms with Crippen LogP contribution in [-0.2, 0) is 6.18 Å². The fraction of sp³-hybridized carbons (Fsp3) is 0.154. The molecule has 176 valence electrons. The number of aryl methyl sites for hydroxylation is 1. The molecule has 1 atom stereocenters. The Kier molecular flexibility index (Phi) is 5.94. The van der Waals surface area contributed by atoms with Gasteiger partial charge in [-0.15, -0.1) is 11.3 Å². The summed E-state index contributed by atoms with van der Waals surface area (Å²) in [5.74, 6) is 1.29. The van der Waals surface area contributed by atoms with Crippen LogP contribution in [0.2, 0.25) is 0 Å². The first-order valence-electron chi connectivity index (χ1n) is 10.8. The summed E-state index contributed by atoms with van der Waals surface area (Å²) in [7, 11) is 0. The summed E-state index contributed by atoms with van der Waals surface area (Å²) in [6.07, 6.45) is -2.17. The Balaban J connectivity index is 1.41. The molecule has 35 heavy (non-hydrogen) atoms. The highest BCUT2D eigenvalue weighted by Gasteiger charge is 2.31. The summed E-state index contributed by atoms with van der Waals surface area (Å²) in [5.41, 5.74) is 5.74. The molecule has 0 saturated heterocycles. The third kappa shape index (κ3) is 5.00. The number of rotatable bonds is 5. The van der Waals surface area contributed by atoms with E-state index in [-0.39, 0.29) is 6.04 Å². The minimum atomic E-state index is -4.44. The second-order valence-corrected chi connectivity index (χ2v) is 9.06. The van der Waals surface area contributed by atoms with Crippen molar-refractivity contribution in [3.63, 3.8) is 0 Å². The third-order valence-corrected chi connectivity index (χ3v) is 6.41. The molecular weight excluding hydrogens is 471 g/mol. The summed E-state index contributed by atoms with van der Waals surface area (Å²) < 4.78 is 40.4. The molecule has 0 amide bonds. The number of hydrogen-bond donors (Lipinski definition) is 1. The highest BCUT2D eigenvalue weighted by molar-refractivity contribution is 7.16. The molecule has 5 nitrogen and oxygen atoms in total. The van der Waals surface area contributed by atoms with Crippen molar-refractivity contribution in [1.82, 2.24) is 19.9 Å². The quantitative estimate of drug-likeness (QED) is 0.279. The van der Waals surface area contributed by atoms with Crippen molar-refractivity contribution in [3.05, 3.63) is 89.5 Å². The molecule has 0 saturated carbocycles. The van der Waals surface area contributed by atoms with Gasteiger partial charge in [0.1, 0.15) is 11.6 Å². The fourth-order valence-electron chi connectivity index (χ4n) is 3.85. The van der Waals surface area contributed by atoms with Crippen LogP contribution in [0.25, 0.3) is 32.6 Å². The molecule has 1 N–H and O–H groups in total. The molecule has 0 aliphatic rings. The van der Waals surface area contributed by atoms with Gasteiger partial charge in [0.15, 0.2) is 0 Å². The topological polar surface area (TPSA) is 63.6 Å². The van der Waals surface area contributed by atoms with E-state index >= 15 is 0 Å². The van der Waals surface area contributed by atoms with Gasteiger partial charge in [-0.05, 0) is 49.2 Å². The first-order valence-corrected chi connectivity index (χ1v) is 11.7. The largest absolute Gasteiger partial charge is 0.417 e. The lowest BCUT2D eigenvalue weighted by atomic mass is 10.00. The molecule has 3 aromatic heterocycles. The molecule has 0 aliphatic carbocycles. The molecule has 0 radical (unpaired) electrons. The summed E-state index contributed by atoms with van der Waals surface area (Å²) in [6.45, 7) is 3.82. The molecular formula is C26H20F3N5S. The number of alkyl halides is 3. The van der Waals surface area contributed by atoms with E-state index in [0.717, 1.165) is 39.3 Å². The molecule has 0 spiro atoms. The van der Waals surface area contributed by atoms with Crippen LogP contribution >= 0.6 is 11.3 Å². The number of fused-ring (bicyclic) bond motifs is 1. The zero-order chi connectivity index (χ0) is 24.6. The van der Waals surface area contributed by atoms with E-state index in [1.54, 1.807) is 17.4 Å². The van der Waals surface area contributed by atoms with Crippen molar-refractivity contribution in [2.24, 2.45) is 0 Å². The standard InChI is InChI=1S/C26H20F3N5S/c1-15(17-4-3-5-18(8-17)20-9-21(13-30-12-20)26(27,28)29)32-25-11-23(33-16(2)34-25)19-6-7-22-24(10-19)35-14-31-22/h3-15H,1-2H3,(H,32,33,34). The summed E-state index contributed by atoms with van der Waals surface area (Å²) >= 11 is 1.58. The molecule has 3 heterocycles. The van der Waals surface area contributed by atoms with Crippen LogP contribution in [0.1, 0.15) is 29.9 Å². The van der Waals surface area contributed by atoms with Gasteiger partial charge in [-0.3, -0.25) is 4.98 Å². The van der Waals surface area contributed by atoms with Gasteiger partial charge in [-0.1, -0.05) is 24.3 Å². The van der Waals surface area contributed by atoms with Gasteiger partial charge in [0, 0.05) is 35.6 Å². The Hall–Kier alpha value is -3.85. The van der Waals surface area contributed by atoms with Crippen LogP contribution in [0.5, 0.6) is 0 Å². The minimum Gasteiger partial charge on any atom is -0.363 e. The molecule has 0 aliphatic heterocycles. The van der Waals surface area contributed by atoms with E-state index in [2.05, 4.69) is 31.3 Å². The van der Waals surface area contributed by atoms with Gasteiger partial charge in [0.2, 0.25) is 0 Å². The van der Waals surface area contributed by atoms with Gasteiger partial charge >= 0.3 is 6.18 Å². The van der Waals surface area contributed by atoms with Crippen LogP contribution in [0.15, 0.2) is 72.5 Å². The number of anilines is 1. The summed E-state index contributed by atoms with van der Waals surface area (Å²) in [6, 6.07) is 16.3. The fourth-order valence-corrected chi connectivity index (χ4v) is 4.57. The van der Waals surface area contributed by atoms with Crippen molar-refractivity contribution in [2.75, 3.05) is 5.32 Å². The first kappa shape index (κ1) is 22.9. The number of benzene rings is 2. The monoisotopic (exact) mass is 491 g/mol. The van der Waals surface area contributed by atoms with Crippen LogP contribution in [0, 0.1) is 6.92 Å². The molecule has 0 fully saturated rings. The number of nitrogens with zero attached hydrogens (tertiary/aromatic N) is 4. The number of aromatic nitrogens is 4. The van der Waals surface area contributed by atoms with Crippen molar-refractivity contribution in [3.8, 4) is 22.4 Å². The highest BCUT2D eigenvalue weighted by atomic mass is 32.1. The molecule has 5 aromatic rings. The SMILES string of the molecule is Cc1nc(NC(C)c2cccc(-c3cncc(C(F)(F)F)c3)c2)cc(-c2ccc3ncsc3c2)n1. The normalized spacial score (nSPS) is 12.6. The van der Waals surface area contributed by atoms with Crippen molar-refractivity contribution in [1.29, 1.82) is 0 Å². The van der Waals surface area contributed by atoms with E-state index in [4.69, 9.17) is 0 Å². The van der Waals surface area contributed by atoms with E-state index in [1.807, 2.05) is 55.8 Å². The van der Waals surface area contributed by atoms with Crippen molar-refractivity contribution in [2.45, 2.75) is 26.1 Å². The van der Waals surface area contributed by atoms with E-state index < -0.39 is 11.7 Å². The van der Waals surface area contributed by atoms with Gasteiger partial charge < -0.3 is 5.32 Å². The molecule has 2 aromatic carbocycles. The molecule has 9 heteroatoms. The lowest BCUT2D eigenvalue weighted by Gasteiger charge is -2.17. The average molecular weight is 492 g/mol. The Bertz CT molecular complexity index is 1510. The maximum Gasteiger partial charge on any atom is 0.417 e. The van der Waals surface area contributed by atoms with Crippen molar-refractivity contribution < 1.29 is 13.2 Å². The number of halogens is 3. The predicted octanol–water partition coefficient (Wildman–Crippen LogP) is 7.32. The second-order valence-electron chi connectivity index (χ2n) is 8.17. The van der Waals surface area contributed by atoms with Gasteiger partial charge in [0.05, 0.1) is 27.0 Å². The Morgan fingerprint density at radius 2 is 1.77 bits per heavy atom. The average Bonchev–Trinajstić information content (AvgIpc) is 3.31. The lowest BCUT2D eigenvalue weighted by Crippen LogP contribution is -2.09. The van der Waals surface area contributed by atoms with E-state index in [1.165, 1.54) is 6.20 Å². The summed E-state index contributed by atoms with van der Waals surface area (Å²) in [4.78, 5) is 17.2. The second kappa shape index (κ2) is 9.07.